The van der Waals surface area contributed by atoms with Gasteiger partial charge in [-0.05, 0) is 54.1 Å². The van der Waals surface area contributed by atoms with E-state index < -0.39 is 0 Å². The average molecular weight is 327 g/mol. The Kier molecular flexibility index (Phi) is 4.67. The zero-order valence-corrected chi connectivity index (χ0v) is 14.8. The van der Waals surface area contributed by atoms with Crippen molar-refractivity contribution in [1.82, 2.24) is 5.32 Å². The molecule has 0 fully saturated rings. The summed E-state index contributed by atoms with van der Waals surface area (Å²) in [4.78, 5) is 0. The van der Waals surface area contributed by atoms with Crippen LogP contribution in [0.1, 0.15) is 33.7 Å². The monoisotopic (exact) mass is 327 g/mol. The minimum absolute atomic E-state index is 0.530. The summed E-state index contributed by atoms with van der Waals surface area (Å²) in [5.74, 6) is 0.554. The van der Waals surface area contributed by atoms with E-state index in [-0.39, 0.29) is 0 Å². The van der Waals surface area contributed by atoms with Gasteiger partial charge in [0.1, 0.15) is 0 Å². The van der Waals surface area contributed by atoms with E-state index in [2.05, 4.69) is 91.2 Å². The first-order chi connectivity index (χ1) is 12.3. The lowest BCUT2D eigenvalue weighted by atomic mass is 9.87. The molecule has 0 heterocycles. The van der Waals surface area contributed by atoms with Gasteiger partial charge in [0.2, 0.25) is 0 Å². The predicted octanol–water partition coefficient (Wildman–Crippen LogP) is 4.75. The number of likely N-dealkylation sites (N-methyl/N-ethyl adjacent to an activating group) is 1. The van der Waals surface area contributed by atoms with Gasteiger partial charge < -0.3 is 5.32 Å². The van der Waals surface area contributed by atoms with Crippen molar-refractivity contribution in [2.24, 2.45) is 0 Å². The molecular formula is C24H25N. The zero-order chi connectivity index (χ0) is 17.1. The molecule has 1 aliphatic rings. The van der Waals surface area contributed by atoms with Gasteiger partial charge in [-0.2, -0.15) is 0 Å². The molecule has 2 atom stereocenters. The molecule has 0 saturated carbocycles. The quantitative estimate of drug-likeness (QED) is 0.713. The Labute approximate surface area is 150 Å². The van der Waals surface area contributed by atoms with Crippen LogP contribution in [0.5, 0.6) is 0 Å². The molecule has 1 heteroatoms. The van der Waals surface area contributed by atoms with Crippen LogP contribution in [0.2, 0.25) is 0 Å². The van der Waals surface area contributed by atoms with E-state index >= 15 is 0 Å². The highest BCUT2D eigenvalue weighted by Crippen LogP contribution is 2.36. The van der Waals surface area contributed by atoms with E-state index in [1.807, 2.05) is 0 Å². The SMILES string of the molecule is CNC1Cc2ccccc2C1Cc1ccccc1Cc1ccccc1. The predicted molar refractivity (Wildman–Crippen MR) is 105 cm³/mol. The van der Waals surface area contributed by atoms with Gasteiger partial charge >= 0.3 is 0 Å². The third kappa shape index (κ3) is 3.38. The van der Waals surface area contributed by atoms with Crippen LogP contribution in [0.15, 0.2) is 78.9 Å². The van der Waals surface area contributed by atoms with E-state index in [0.29, 0.717) is 12.0 Å². The van der Waals surface area contributed by atoms with Crippen molar-refractivity contribution in [2.75, 3.05) is 7.05 Å². The Morgan fingerprint density at radius 2 is 1.48 bits per heavy atom. The molecule has 0 bridgehead atoms. The summed E-state index contributed by atoms with van der Waals surface area (Å²) in [6.07, 6.45) is 3.25. The maximum Gasteiger partial charge on any atom is 0.0177 e. The first-order valence-electron chi connectivity index (χ1n) is 9.21. The summed E-state index contributed by atoms with van der Waals surface area (Å²) in [6, 6.07) is 29.2. The van der Waals surface area contributed by atoms with Gasteiger partial charge in [-0.25, -0.2) is 0 Å². The van der Waals surface area contributed by atoms with Crippen LogP contribution in [0.25, 0.3) is 0 Å². The standard InChI is InChI=1S/C24H25N/c1-25-24-17-21-13-7-8-14-22(21)23(24)16-20-12-6-5-11-19(20)15-18-9-3-2-4-10-18/h2-14,23-25H,15-17H2,1H3. The molecule has 25 heavy (non-hydrogen) atoms. The maximum atomic E-state index is 3.55. The molecule has 1 nitrogen and oxygen atoms in total. The fraction of sp³-hybridized carbons (Fsp3) is 0.250. The molecule has 0 spiro atoms. The third-order valence-corrected chi connectivity index (χ3v) is 5.55. The van der Waals surface area contributed by atoms with Gasteiger partial charge in [-0.15, -0.1) is 0 Å². The molecule has 1 N–H and O–H groups in total. The van der Waals surface area contributed by atoms with Crippen LogP contribution in [0.4, 0.5) is 0 Å². The molecule has 0 radical (unpaired) electrons. The van der Waals surface area contributed by atoms with Crippen molar-refractivity contribution in [2.45, 2.75) is 31.2 Å². The second-order valence-corrected chi connectivity index (χ2v) is 7.04. The minimum Gasteiger partial charge on any atom is -0.316 e. The molecule has 0 aromatic heterocycles. The summed E-state index contributed by atoms with van der Waals surface area (Å²) in [5, 5.41) is 3.55. The molecular weight excluding hydrogens is 302 g/mol. The Hall–Kier alpha value is -2.38. The van der Waals surface area contributed by atoms with Gasteiger partial charge in [0.25, 0.3) is 0 Å². The van der Waals surface area contributed by atoms with Crippen molar-refractivity contribution < 1.29 is 0 Å². The van der Waals surface area contributed by atoms with Gasteiger partial charge in [-0.1, -0.05) is 78.9 Å². The highest BCUT2D eigenvalue weighted by Gasteiger charge is 2.31. The normalized spacial score (nSPS) is 18.9. The molecule has 0 amide bonds. The first kappa shape index (κ1) is 16.1. The summed E-state index contributed by atoms with van der Waals surface area (Å²) in [7, 11) is 2.10. The smallest absolute Gasteiger partial charge is 0.0177 e. The highest BCUT2D eigenvalue weighted by atomic mass is 14.9. The molecule has 2 unspecified atom stereocenters. The number of nitrogens with one attached hydrogen (secondary N) is 1. The lowest BCUT2D eigenvalue weighted by molar-refractivity contribution is 0.491. The third-order valence-electron chi connectivity index (χ3n) is 5.55. The van der Waals surface area contributed by atoms with E-state index in [4.69, 9.17) is 0 Å². The van der Waals surface area contributed by atoms with E-state index in [0.717, 1.165) is 19.3 Å². The maximum absolute atomic E-state index is 3.55. The summed E-state index contributed by atoms with van der Waals surface area (Å²) in [6.45, 7) is 0. The van der Waals surface area contributed by atoms with E-state index in [1.165, 1.54) is 27.8 Å². The van der Waals surface area contributed by atoms with Crippen LogP contribution in [-0.4, -0.2) is 13.1 Å². The van der Waals surface area contributed by atoms with E-state index in [1.54, 1.807) is 0 Å². The second-order valence-electron chi connectivity index (χ2n) is 7.04. The van der Waals surface area contributed by atoms with E-state index in [9.17, 15) is 0 Å². The Morgan fingerprint density at radius 3 is 2.28 bits per heavy atom. The van der Waals surface area contributed by atoms with Crippen LogP contribution in [0.3, 0.4) is 0 Å². The van der Waals surface area contributed by atoms with Gasteiger partial charge in [-0.3, -0.25) is 0 Å². The van der Waals surface area contributed by atoms with Crippen LogP contribution >= 0.6 is 0 Å². The van der Waals surface area contributed by atoms with Crippen LogP contribution in [0, 0.1) is 0 Å². The fourth-order valence-electron chi connectivity index (χ4n) is 4.21. The van der Waals surface area contributed by atoms with Gasteiger partial charge in [0.15, 0.2) is 0 Å². The Morgan fingerprint density at radius 1 is 0.800 bits per heavy atom. The number of hydrogen-bond acceptors (Lipinski definition) is 1. The highest BCUT2D eigenvalue weighted by molar-refractivity contribution is 5.41. The Balaban J connectivity index is 1.63. The summed E-state index contributed by atoms with van der Waals surface area (Å²) < 4.78 is 0. The molecule has 126 valence electrons. The van der Waals surface area contributed by atoms with Crippen LogP contribution in [-0.2, 0) is 19.3 Å². The fourth-order valence-corrected chi connectivity index (χ4v) is 4.21. The van der Waals surface area contributed by atoms with Gasteiger partial charge in [0.05, 0.1) is 0 Å². The molecule has 1 aliphatic carbocycles. The molecule has 0 saturated heterocycles. The minimum atomic E-state index is 0.530. The lowest BCUT2D eigenvalue weighted by Crippen LogP contribution is -2.30. The summed E-state index contributed by atoms with van der Waals surface area (Å²) in [5.41, 5.74) is 7.34. The zero-order valence-electron chi connectivity index (χ0n) is 14.8. The van der Waals surface area contributed by atoms with Crippen LogP contribution < -0.4 is 5.32 Å². The molecule has 3 aromatic carbocycles. The Bertz CT molecular complexity index is 837. The summed E-state index contributed by atoms with van der Waals surface area (Å²) >= 11 is 0. The number of fused-ring (bicyclic) bond motifs is 1. The molecule has 0 aliphatic heterocycles. The van der Waals surface area contributed by atoms with Crippen molar-refractivity contribution in [3.05, 3.63) is 107 Å². The number of benzene rings is 3. The molecule has 3 aromatic rings. The topological polar surface area (TPSA) is 12.0 Å². The van der Waals surface area contributed by atoms with Crippen molar-refractivity contribution in [3.63, 3.8) is 0 Å². The number of rotatable bonds is 5. The molecule has 4 rings (SSSR count). The van der Waals surface area contributed by atoms with Crippen molar-refractivity contribution in [3.8, 4) is 0 Å². The average Bonchev–Trinajstić information content (AvgIpc) is 3.02. The van der Waals surface area contributed by atoms with Crippen molar-refractivity contribution in [1.29, 1.82) is 0 Å². The first-order valence-corrected chi connectivity index (χ1v) is 9.21. The number of hydrogen-bond donors (Lipinski definition) is 1. The lowest BCUT2D eigenvalue weighted by Gasteiger charge is -2.22. The largest absolute Gasteiger partial charge is 0.316 e. The second kappa shape index (κ2) is 7.25. The van der Waals surface area contributed by atoms with Gasteiger partial charge in [0, 0.05) is 12.0 Å². The van der Waals surface area contributed by atoms with Crippen molar-refractivity contribution >= 4 is 0 Å².